The Hall–Kier alpha value is -2.53. The first-order chi connectivity index (χ1) is 13.1. The lowest BCUT2D eigenvalue weighted by Crippen LogP contribution is -2.44. The quantitative estimate of drug-likeness (QED) is 0.671. The molecule has 0 saturated heterocycles. The number of benzene rings is 2. The van der Waals surface area contributed by atoms with Crippen LogP contribution in [0, 0.1) is 5.41 Å². The van der Waals surface area contributed by atoms with Crippen molar-refractivity contribution in [1.82, 2.24) is 10.6 Å². The van der Waals surface area contributed by atoms with Crippen LogP contribution < -0.4 is 15.4 Å². The molecule has 0 aliphatic carbocycles. The standard InChI is InChI=1S/C22H28N2O3/c1-22(16-25,14-18-5-3-2-4-6-18)15-24-21(26)23-11-9-17-7-8-20-19(13-17)10-12-27-20/h2-8,13,25H,9-12,14-16H2,1H3,(H2,23,24,26)/t22-/m1/s1. The van der Waals surface area contributed by atoms with Crippen molar-refractivity contribution in [2.75, 3.05) is 26.3 Å². The lowest BCUT2D eigenvalue weighted by atomic mass is 9.84. The predicted octanol–water partition coefficient (Wildman–Crippen LogP) is 2.70. The summed E-state index contributed by atoms with van der Waals surface area (Å²) in [6.07, 6.45) is 2.45. The molecule has 0 saturated carbocycles. The van der Waals surface area contributed by atoms with Crippen LogP contribution in [0.5, 0.6) is 5.75 Å². The van der Waals surface area contributed by atoms with Crippen LogP contribution in [0.1, 0.15) is 23.6 Å². The predicted molar refractivity (Wildman–Crippen MR) is 106 cm³/mol. The summed E-state index contributed by atoms with van der Waals surface area (Å²) < 4.78 is 5.51. The minimum Gasteiger partial charge on any atom is -0.493 e. The second kappa shape index (κ2) is 8.91. The molecule has 0 unspecified atom stereocenters. The molecule has 27 heavy (non-hydrogen) atoms. The van der Waals surface area contributed by atoms with Gasteiger partial charge in [-0.1, -0.05) is 49.4 Å². The second-order valence-electron chi connectivity index (χ2n) is 7.53. The van der Waals surface area contributed by atoms with Gasteiger partial charge in [-0.05, 0) is 35.6 Å². The Morgan fingerprint density at radius 2 is 1.96 bits per heavy atom. The molecule has 5 nitrogen and oxygen atoms in total. The molecular weight excluding hydrogens is 340 g/mol. The molecule has 1 heterocycles. The maximum Gasteiger partial charge on any atom is 0.314 e. The topological polar surface area (TPSA) is 70.6 Å². The van der Waals surface area contributed by atoms with E-state index in [0.29, 0.717) is 19.5 Å². The van der Waals surface area contributed by atoms with Crippen LogP contribution >= 0.6 is 0 Å². The van der Waals surface area contributed by atoms with Crippen molar-refractivity contribution >= 4 is 6.03 Å². The molecule has 2 aromatic rings. The van der Waals surface area contributed by atoms with Gasteiger partial charge in [0.2, 0.25) is 0 Å². The first-order valence-electron chi connectivity index (χ1n) is 9.49. The lowest BCUT2D eigenvalue weighted by molar-refractivity contribution is 0.140. The first kappa shape index (κ1) is 19.2. The Labute approximate surface area is 160 Å². The van der Waals surface area contributed by atoms with E-state index < -0.39 is 5.41 Å². The molecule has 2 aromatic carbocycles. The van der Waals surface area contributed by atoms with Crippen molar-refractivity contribution < 1.29 is 14.6 Å². The van der Waals surface area contributed by atoms with E-state index in [0.717, 1.165) is 30.8 Å². The van der Waals surface area contributed by atoms with Crippen molar-refractivity contribution in [3.05, 3.63) is 65.2 Å². The average molecular weight is 368 g/mol. The molecule has 0 radical (unpaired) electrons. The molecule has 1 aliphatic heterocycles. The highest BCUT2D eigenvalue weighted by Gasteiger charge is 2.24. The molecule has 1 aliphatic rings. The van der Waals surface area contributed by atoms with Crippen molar-refractivity contribution in [1.29, 1.82) is 0 Å². The van der Waals surface area contributed by atoms with E-state index in [1.165, 1.54) is 11.1 Å². The number of carbonyl (C=O) groups is 1. The minimum atomic E-state index is -0.390. The minimum absolute atomic E-state index is 0.0133. The Balaban J connectivity index is 1.42. The number of nitrogens with one attached hydrogen (secondary N) is 2. The molecule has 0 aromatic heterocycles. The van der Waals surface area contributed by atoms with Crippen LogP contribution in [-0.2, 0) is 19.3 Å². The van der Waals surface area contributed by atoms with Gasteiger partial charge in [0.05, 0.1) is 13.2 Å². The van der Waals surface area contributed by atoms with Crippen LogP contribution in [-0.4, -0.2) is 37.4 Å². The molecule has 144 valence electrons. The SMILES string of the molecule is C[C@](CO)(CNC(=O)NCCc1ccc2c(c1)CCO2)Cc1ccccc1. The summed E-state index contributed by atoms with van der Waals surface area (Å²) >= 11 is 0. The lowest BCUT2D eigenvalue weighted by Gasteiger charge is -2.27. The Morgan fingerprint density at radius 3 is 2.74 bits per heavy atom. The number of amides is 2. The Morgan fingerprint density at radius 1 is 1.15 bits per heavy atom. The van der Waals surface area contributed by atoms with E-state index in [-0.39, 0.29) is 12.6 Å². The molecule has 2 amide bonds. The monoisotopic (exact) mass is 368 g/mol. The number of ether oxygens (including phenoxy) is 1. The summed E-state index contributed by atoms with van der Waals surface area (Å²) in [4.78, 5) is 12.1. The zero-order valence-electron chi connectivity index (χ0n) is 15.8. The first-order valence-corrected chi connectivity index (χ1v) is 9.49. The summed E-state index contributed by atoms with van der Waals surface area (Å²) in [5.74, 6) is 0.978. The number of hydrogen-bond acceptors (Lipinski definition) is 3. The maximum absolute atomic E-state index is 12.1. The summed E-state index contributed by atoms with van der Waals surface area (Å²) in [7, 11) is 0. The van der Waals surface area contributed by atoms with Crippen LogP contribution in [0.3, 0.4) is 0 Å². The summed E-state index contributed by atoms with van der Waals surface area (Å²) in [5, 5.41) is 15.6. The van der Waals surface area contributed by atoms with E-state index in [2.05, 4.69) is 16.7 Å². The molecule has 0 fully saturated rings. The van der Waals surface area contributed by atoms with Gasteiger partial charge in [0.15, 0.2) is 0 Å². The van der Waals surface area contributed by atoms with Crippen molar-refractivity contribution in [3.8, 4) is 5.75 Å². The zero-order valence-corrected chi connectivity index (χ0v) is 15.8. The van der Waals surface area contributed by atoms with Gasteiger partial charge >= 0.3 is 6.03 Å². The van der Waals surface area contributed by atoms with E-state index in [1.54, 1.807) is 0 Å². The van der Waals surface area contributed by atoms with Crippen LogP contribution in [0.4, 0.5) is 4.79 Å². The van der Waals surface area contributed by atoms with E-state index >= 15 is 0 Å². The summed E-state index contributed by atoms with van der Waals surface area (Å²) in [5.41, 5.74) is 3.20. The molecule has 3 rings (SSSR count). The number of carbonyl (C=O) groups excluding carboxylic acids is 1. The molecule has 5 heteroatoms. The number of fused-ring (bicyclic) bond motifs is 1. The third-order valence-electron chi connectivity index (χ3n) is 4.98. The van der Waals surface area contributed by atoms with Crippen molar-refractivity contribution in [3.63, 3.8) is 0 Å². The van der Waals surface area contributed by atoms with E-state index in [1.807, 2.05) is 49.4 Å². The highest BCUT2D eigenvalue weighted by Crippen LogP contribution is 2.26. The number of aliphatic hydroxyl groups excluding tert-OH is 1. The third kappa shape index (κ3) is 5.47. The summed E-state index contributed by atoms with van der Waals surface area (Å²) in [6.45, 7) is 3.73. The van der Waals surface area contributed by atoms with Crippen molar-refractivity contribution in [2.24, 2.45) is 5.41 Å². The second-order valence-corrected chi connectivity index (χ2v) is 7.53. The van der Waals surface area contributed by atoms with Gasteiger partial charge in [-0.3, -0.25) is 0 Å². The highest BCUT2D eigenvalue weighted by molar-refractivity contribution is 5.73. The Bertz CT molecular complexity index is 763. The Kier molecular flexibility index (Phi) is 6.35. The van der Waals surface area contributed by atoms with Gasteiger partial charge in [-0.15, -0.1) is 0 Å². The fourth-order valence-electron chi connectivity index (χ4n) is 3.33. The highest BCUT2D eigenvalue weighted by atomic mass is 16.5. The van der Waals surface area contributed by atoms with E-state index in [4.69, 9.17) is 4.74 Å². The maximum atomic E-state index is 12.1. The molecule has 1 atom stereocenters. The van der Waals surface area contributed by atoms with Gasteiger partial charge in [-0.25, -0.2) is 4.79 Å². The zero-order chi connectivity index (χ0) is 19.1. The number of urea groups is 1. The van der Waals surface area contributed by atoms with Gasteiger partial charge in [0.25, 0.3) is 0 Å². The number of hydrogen-bond donors (Lipinski definition) is 3. The van der Waals surface area contributed by atoms with Gasteiger partial charge in [-0.2, -0.15) is 0 Å². The third-order valence-corrected chi connectivity index (χ3v) is 4.98. The smallest absolute Gasteiger partial charge is 0.314 e. The van der Waals surface area contributed by atoms with Gasteiger partial charge < -0.3 is 20.5 Å². The normalized spacial score (nSPS) is 14.7. The van der Waals surface area contributed by atoms with Crippen LogP contribution in [0.15, 0.2) is 48.5 Å². The largest absolute Gasteiger partial charge is 0.493 e. The summed E-state index contributed by atoms with van der Waals surface area (Å²) in [6, 6.07) is 16.0. The molecule has 3 N–H and O–H groups in total. The molecular formula is C22H28N2O3. The molecule has 0 bridgehead atoms. The van der Waals surface area contributed by atoms with Crippen molar-refractivity contribution in [2.45, 2.75) is 26.2 Å². The van der Waals surface area contributed by atoms with Gasteiger partial charge in [0.1, 0.15) is 5.75 Å². The number of aliphatic hydroxyl groups is 1. The van der Waals surface area contributed by atoms with Gasteiger partial charge in [0, 0.05) is 24.9 Å². The molecule has 0 spiro atoms. The fourth-order valence-corrected chi connectivity index (χ4v) is 3.33. The fraction of sp³-hybridized carbons (Fsp3) is 0.409. The average Bonchev–Trinajstić information content (AvgIpc) is 3.15. The van der Waals surface area contributed by atoms with Crippen LogP contribution in [0.25, 0.3) is 0 Å². The number of rotatable bonds is 8. The van der Waals surface area contributed by atoms with E-state index in [9.17, 15) is 9.90 Å². The van der Waals surface area contributed by atoms with Crippen LogP contribution in [0.2, 0.25) is 0 Å².